The first-order valence-electron chi connectivity index (χ1n) is 9.53. The molecule has 5 nitrogen and oxygen atoms in total. The van der Waals surface area contributed by atoms with Crippen molar-refractivity contribution in [1.82, 2.24) is 5.43 Å². The minimum atomic E-state index is -0.666. The molecule has 0 heterocycles. The fourth-order valence-electron chi connectivity index (χ4n) is 3.54. The molecule has 0 bridgehead atoms. The van der Waals surface area contributed by atoms with E-state index >= 15 is 0 Å². The van der Waals surface area contributed by atoms with Gasteiger partial charge in [-0.15, -0.1) is 0 Å². The van der Waals surface area contributed by atoms with E-state index in [1.807, 2.05) is 67.6 Å². The van der Waals surface area contributed by atoms with Crippen molar-refractivity contribution in [3.63, 3.8) is 0 Å². The Morgan fingerprint density at radius 1 is 0.833 bits per heavy atom. The van der Waals surface area contributed by atoms with Crippen molar-refractivity contribution in [2.75, 3.05) is 7.11 Å². The smallest absolute Gasteiger partial charge is 0.356 e. The van der Waals surface area contributed by atoms with Gasteiger partial charge in [-0.05, 0) is 23.6 Å². The van der Waals surface area contributed by atoms with Crippen molar-refractivity contribution >= 4 is 17.5 Å². The number of ether oxygens (including phenoxy) is 1. The number of nitrogens with zero attached hydrogens (tertiary/aromatic N) is 1. The van der Waals surface area contributed by atoms with Gasteiger partial charge in [0.1, 0.15) is 5.70 Å². The lowest BCUT2D eigenvalue weighted by atomic mass is 10.0. The zero-order chi connectivity index (χ0) is 21.1. The largest absolute Gasteiger partial charge is 0.464 e. The van der Waals surface area contributed by atoms with Crippen LogP contribution in [0.3, 0.4) is 0 Å². The van der Waals surface area contributed by atoms with E-state index in [4.69, 9.17) is 4.74 Å². The quantitative estimate of drug-likeness (QED) is 0.237. The van der Waals surface area contributed by atoms with Crippen LogP contribution in [-0.4, -0.2) is 24.6 Å². The molecule has 148 valence electrons. The van der Waals surface area contributed by atoms with E-state index in [9.17, 15) is 9.59 Å². The number of hydrogen-bond donors (Lipinski definition) is 1. The average molecular weight is 396 g/mol. The molecule has 3 aromatic rings. The summed E-state index contributed by atoms with van der Waals surface area (Å²) in [7, 11) is 1.27. The van der Waals surface area contributed by atoms with E-state index in [1.165, 1.54) is 13.2 Å². The number of esters is 1. The van der Waals surface area contributed by atoms with Crippen LogP contribution in [0.2, 0.25) is 0 Å². The number of benzene rings is 3. The molecule has 1 aliphatic rings. The second-order valence-electron chi connectivity index (χ2n) is 6.89. The first-order chi connectivity index (χ1) is 14.6. The van der Waals surface area contributed by atoms with E-state index < -0.39 is 5.97 Å². The summed E-state index contributed by atoms with van der Waals surface area (Å²) >= 11 is 0. The minimum absolute atomic E-state index is 0.0277. The summed E-state index contributed by atoms with van der Waals surface area (Å²) in [6.07, 6.45) is 1.23. The molecule has 0 fully saturated rings. The van der Waals surface area contributed by atoms with Gasteiger partial charge in [0.2, 0.25) is 0 Å². The second kappa shape index (κ2) is 8.17. The molecule has 3 aromatic carbocycles. The summed E-state index contributed by atoms with van der Waals surface area (Å²) in [5, 5.41) is 4.49. The molecule has 0 saturated heterocycles. The maximum atomic E-state index is 12.7. The summed E-state index contributed by atoms with van der Waals surface area (Å²) in [4.78, 5) is 25.0. The fraction of sp³-hybridized carbons (Fsp3) is 0.0800. The third kappa shape index (κ3) is 3.53. The Bertz CT molecular complexity index is 1160. The lowest BCUT2D eigenvalue weighted by molar-refractivity contribution is -0.136. The lowest BCUT2D eigenvalue weighted by Gasteiger charge is -2.08. The van der Waals surface area contributed by atoms with E-state index in [2.05, 4.69) is 10.5 Å². The highest BCUT2D eigenvalue weighted by Crippen LogP contribution is 2.36. The van der Waals surface area contributed by atoms with Crippen molar-refractivity contribution in [2.45, 2.75) is 6.92 Å². The van der Waals surface area contributed by atoms with Crippen molar-refractivity contribution in [3.05, 3.63) is 107 Å². The Morgan fingerprint density at radius 3 is 1.93 bits per heavy atom. The monoisotopic (exact) mass is 396 g/mol. The molecule has 1 N–H and O–H groups in total. The van der Waals surface area contributed by atoms with Gasteiger partial charge in [0.25, 0.3) is 0 Å². The van der Waals surface area contributed by atoms with Crippen LogP contribution in [0.25, 0.3) is 11.1 Å². The Labute approximate surface area is 174 Å². The van der Waals surface area contributed by atoms with Gasteiger partial charge >= 0.3 is 5.97 Å². The number of allylic oxidation sites excluding steroid dienone is 1. The van der Waals surface area contributed by atoms with Crippen LogP contribution >= 0.6 is 0 Å². The minimum Gasteiger partial charge on any atom is -0.464 e. The molecule has 0 unspecified atom stereocenters. The Balaban J connectivity index is 1.72. The summed E-state index contributed by atoms with van der Waals surface area (Å²) in [6, 6.07) is 23.1. The zero-order valence-electron chi connectivity index (χ0n) is 16.7. The normalized spacial score (nSPS) is 12.1. The topological polar surface area (TPSA) is 67.8 Å². The molecule has 0 aliphatic heterocycles. The van der Waals surface area contributed by atoms with Crippen LogP contribution in [-0.2, 0) is 9.53 Å². The van der Waals surface area contributed by atoms with Crippen molar-refractivity contribution in [3.8, 4) is 11.1 Å². The SMILES string of the molecule is COC(=O)/C(=C/C(=O)c1ccccc1C)NN=C1c2ccccc2-c2ccccc21. The molecule has 0 aromatic heterocycles. The summed E-state index contributed by atoms with van der Waals surface area (Å²) in [5.41, 5.74) is 8.87. The molecule has 0 atom stereocenters. The van der Waals surface area contributed by atoms with Gasteiger partial charge in [0.15, 0.2) is 5.78 Å². The van der Waals surface area contributed by atoms with Crippen molar-refractivity contribution < 1.29 is 14.3 Å². The average Bonchev–Trinajstić information content (AvgIpc) is 3.10. The first-order valence-corrected chi connectivity index (χ1v) is 9.53. The zero-order valence-corrected chi connectivity index (χ0v) is 16.7. The van der Waals surface area contributed by atoms with Gasteiger partial charge in [-0.1, -0.05) is 72.8 Å². The molecule has 5 heteroatoms. The first kappa shape index (κ1) is 19.3. The lowest BCUT2D eigenvalue weighted by Crippen LogP contribution is -2.20. The van der Waals surface area contributed by atoms with Gasteiger partial charge in [-0.3, -0.25) is 10.2 Å². The Morgan fingerprint density at radius 2 is 1.37 bits per heavy atom. The van der Waals surface area contributed by atoms with Crippen molar-refractivity contribution in [2.24, 2.45) is 5.10 Å². The van der Waals surface area contributed by atoms with Crippen LogP contribution in [0, 0.1) is 6.92 Å². The van der Waals surface area contributed by atoms with Crippen LogP contribution in [0.1, 0.15) is 27.0 Å². The number of methoxy groups -OCH3 is 1. The molecule has 0 amide bonds. The second-order valence-corrected chi connectivity index (χ2v) is 6.89. The van der Waals surface area contributed by atoms with Crippen LogP contribution < -0.4 is 5.43 Å². The van der Waals surface area contributed by atoms with E-state index in [0.29, 0.717) is 11.3 Å². The molecule has 4 rings (SSSR count). The fourth-order valence-corrected chi connectivity index (χ4v) is 3.54. The number of aryl methyl sites for hydroxylation is 1. The van der Waals surface area contributed by atoms with Gasteiger partial charge in [-0.25, -0.2) is 4.79 Å². The highest BCUT2D eigenvalue weighted by Gasteiger charge is 2.24. The number of hydrogen-bond acceptors (Lipinski definition) is 5. The summed E-state index contributed by atoms with van der Waals surface area (Å²) < 4.78 is 4.84. The Hall–Kier alpha value is -3.99. The molecule has 0 saturated carbocycles. The van der Waals surface area contributed by atoms with Gasteiger partial charge in [-0.2, -0.15) is 5.10 Å². The van der Waals surface area contributed by atoms with E-state index in [0.717, 1.165) is 27.8 Å². The maximum absolute atomic E-state index is 12.7. The number of carbonyl (C=O) groups is 2. The summed E-state index contributed by atoms with van der Waals surface area (Å²) in [6.45, 7) is 1.85. The molecule has 0 spiro atoms. The highest BCUT2D eigenvalue weighted by molar-refractivity contribution is 6.24. The van der Waals surface area contributed by atoms with Crippen molar-refractivity contribution in [1.29, 1.82) is 0 Å². The standard InChI is InChI=1S/C25H20N2O3/c1-16-9-3-4-10-17(16)23(28)15-22(25(29)30-2)26-27-24-20-13-7-5-11-18(20)19-12-6-8-14-21(19)24/h3-15,26H,1-2H3/b22-15-. The van der Waals surface area contributed by atoms with Crippen LogP contribution in [0.5, 0.6) is 0 Å². The number of rotatable bonds is 5. The predicted octanol–water partition coefficient (Wildman–Crippen LogP) is 4.26. The molecule has 30 heavy (non-hydrogen) atoms. The third-order valence-corrected chi connectivity index (χ3v) is 5.03. The van der Waals surface area contributed by atoms with Gasteiger partial charge in [0, 0.05) is 22.8 Å². The number of hydrazone groups is 1. The molecular formula is C25H20N2O3. The number of carbonyl (C=O) groups excluding carboxylic acids is 2. The highest BCUT2D eigenvalue weighted by atomic mass is 16.5. The predicted molar refractivity (Wildman–Crippen MR) is 116 cm³/mol. The van der Waals surface area contributed by atoms with E-state index in [1.54, 1.807) is 12.1 Å². The summed E-state index contributed by atoms with van der Waals surface area (Å²) in [5.74, 6) is -0.964. The van der Waals surface area contributed by atoms with Gasteiger partial charge < -0.3 is 4.74 Å². The number of fused-ring (bicyclic) bond motifs is 3. The maximum Gasteiger partial charge on any atom is 0.356 e. The third-order valence-electron chi connectivity index (χ3n) is 5.03. The number of ketones is 1. The molecule has 0 radical (unpaired) electrons. The molecular weight excluding hydrogens is 376 g/mol. The van der Waals surface area contributed by atoms with Crippen LogP contribution in [0.15, 0.2) is 89.7 Å². The number of nitrogens with one attached hydrogen (secondary N) is 1. The van der Waals surface area contributed by atoms with Crippen LogP contribution in [0.4, 0.5) is 0 Å². The van der Waals surface area contributed by atoms with E-state index in [-0.39, 0.29) is 11.5 Å². The Kier molecular flexibility index (Phi) is 5.26. The van der Waals surface area contributed by atoms with Gasteiger partial charge in [0.05, 0.1) is 12.8 Å². The molecule has 1 aliphatic carbocycles.